The largest absolute Gasteiger partial charge is 0.353 e. The van der Waals surface area contributed by atoms with Crippen LogP contribution in [0.2, 0.25) is 15.1 Å². The Morgan fingerprint density at radius 3 is 2.52 bits per heavy atom. The Labute approximate surface area is 246 Å². The quantitative estimate of drug-likeness (QED) is 0.246. The number of aromatic nitrogens is 3. The molecule has 0 atom stereocenters. The molecule has 1 amide bonds. The third kappa shape index (κ3) is 4.42. The predicted molar refractivity (Wildman–Crippen MR) is 160 cm³/mol. The molecule has 0 saturated carbocycles. The second kappa shape index (κ2) is 10.5. The Bertz CT molecular complexity index is 1660. The minimum Gasteiger partial charge on any atom is -0.353 e. The van der Waals surface area contributed by atoms with Crippen molar-refractivity contribution in [1.29, 1.82) is 0 Å². The van der Waals surface area contributed by atoms with Crippen molar-refractivity contribution in [1.82, 2.24) is 24.6 Å². The first-order chi connectivity index (χ1) is 19.2. The van der Waals surface area contributed by atoms with E-state index in [1.54, 1.807) is 29.2 Å². The van der Waals surface area contributed by atoms with Crippen molar-refractivity contribution >= 4 is 68.3 Å². The molecule has 4 aromatic rings. The Morgan fingerprint density at radius 2 is 1.85 bits per heavy atom. The van der Waals surface area contributed by atoms with Crippen LogP contribution in [0.3, 0.4) is 0 Å². The lowest BCUT2D eigenvalue weighted by Crippen LogP contribution is -2.57. The fraction of sp³-hybridized carbons (Fsp3) is 0.345. The summed E-state index contributed by atoms with van der Waals surface area (Å²) >= 11 is 19.5. The van der Waals surface area contributed by atoms with Crippen LogP contribution >= 0.6 is 34.8 Å². The number of piperidine rings is 1. The van der Waals surface area contributed by atoms with Gasteiger partial charge in [-0.15, -0.1) is 0 Å². The van der Waals surface area contributed by atoms with Crippen LogP contribution in [-0.4, -0.2) is 76.8 Å². The molecule has 7 nitrogen and oxygen atoms in total. The molecule has 0 aliphatic carbocycles. The molecule has 0 bridgehead atoms. The van der Waals surface area contributed by atoms with Gasteiger partial charge in [-0.1, -0.05) is 53.5 Å². The first-order valence-corrected chi connectivity index (χ1v) is 14.3. The Morgan fingerprint density at radius 1 is 1.12 bits per heavy atom. The second-order valence-electron chi connectivity index (χ2n) is 10.6. The summed E-state index contributed by atoms with van der Waals surface area (Å²) in [5, 5.41) is 6.97. The monoisotopic (exact) mass is 600 g/mol. The van der Waals surface area contributed by atoms with Crippen molar-refractivity contribution in [2.75, 3.05) is 45.2 Å². The van der Waals surface area contributed by atoms with Gasteiger partial charge in [0.25, 0.3) is 0 Å². The molecule has 4 heterocycles. The van der Waals surface area contributed by atoms with E-state index < -0.39 is 5.82 Å². The molecule has 40 heavy (non-hydrogen) atoms. The Kier molecular flexibility index (Phi) is 7.15. The maximum atomic E-state index is 16.5. The SMILES string of the molecule is C=CC(=O)N1CCC(n2ncc3c(N4CC(N(C)C)C4)nc4c(F)c(-c5cccc(Cl)c5Cl)c(Cl)cc4c32)CC1. The van der Waals surface area contributed by atoms with Gasteiger partial charge in [0.05, 0.1) is 38.2 Å². The number of hydrogen-bond donors (Lipinski definition) is 0. The van der Waals surface area contributed by atoms with E-state index in [-0.39, 0.29) is 33.1 Å². The maximum Gasteiger partial charge on any atom is 0.245 e. The number of rotatable bonds is 5. The number of carbonyl (C=O) groups is 1. The minimum atomic E-state index is -0.557. The lowest BCUT2D eigenvalue weighted by Gasteiger charge is -2.43. The van der Waals surface area contributed by atoms with Crippen LogP contribution in [-0.2, 0) is 4.79 Å². The number of anilines is 1. The lowest BCUT2D eigenvalue weighted by molar-refractivity contribution is -0.127. The van der Waals surface area contributed by atoms with Crippen molar-refractivity contribution in [3.05, 3.63) is 64.0 Å². The van der Waals surface area contributed by atoms with Gasteiger partial charge < -0.3 is 14.7 Å². The number of hydrogen-bond acceptors (Lipinski definition) is 5. The zero-order valence-electron chi connectivity index (χ0n) is 22.2. The van der Waals surface area contributed by atoms with Crippen LogP contribution in [0.5, 0.6) is 0 Å². The number of benzene rings is 2. The number of halogens is 4. The molecule has 2 aromatic heterocycles. The van der Waals surface area contributed by atoms with Gasteiger partial charge in [0.15, 0.2) is 5.82 Å². The van der Waals surface area contributed by atoms with Gasteiger partial charge >= 0.3 is 0 Å². The highest BCUT2D eigenvalue weighted by Crippen LogP contribution is 2.44. The standard InChI is InChI=1S/C29H28Cl3FN6O/c1-4-23(40)37-10-8-16(9-11-37)39-28-19-12-22(31)24(18-6-5-7-21(30)25(18)32)26(33)27(19)35-29(20(28)13-34-39)38-14-17(15-38)36(2)3/h4-7,12-13,16-17H,1,8-11,14-15H2,2-3H3. The zero-order valence-corrected chi connectivity index (χ0v) is 24.4. The van der Waals surface area contributed by atoms with Gasteiger partial charge in [-0.2, -0.15) is 5.10 Å². The summed E-state index contributed by atoms with van der Waals surface area (Å²) < 4.78 is 18.5. The molecule has 11 heteroatoms. The second-order valence-corrected chi connectivity index (χ2v) is 11.8. The molecular weight excluding hydrogens is 574 g/mol. The highest BCUT2D eigenvalue weighted by molar-refractivity contribution is 6.44. The topological polar surface area (TPSA) is 57.5 Å². The van der Waals surface area contributed by atoms with E-state index in [1.165, 1.54) is 6.08 Å². The number of pyridine rings is 1. The highest BCUT2D eigenvalue weighted by Gasteiger charge is 2.33. The van der Waals surface area contributed by atoms with Crippen LogP contribution in [0.4, 0.5) is 10.2 Å². The van der Waals surface area contributed by atoms with E-state index in [9.17, 15) is 4.79 Å². The molecule has 0 spiro atoms. The molecule has 0 unspecified atom stereocenters. The van der Waals surface area contributed by atoms with Crippen molar-refractivity contribution in [2.45, 2.75) is 24.9 Å². The summed E-state index contributed by atoms with van der Waals surface area (Å²) in [5.74, 6) is 0.0594. The number of amides is 1. The number of fused-ring (bicyclic) bond motifs is 3. The van der Waals surface area contributed by atoms with E-state index >= 15 is 4.39 Å². The molecule has 6 rings (SSSR count). The molecule has 2 fully saturated rings. The molecule has 0 N–H and O–H groups in total. The molecule has 0 radical (unpaired) electrons. The zero-order chi connectivity index (χ0) is 28.3. The molecule has 2 aliphatic rings. The fourth-order valence-electron chi connectivity index (χ4n) is 5.74. The first kappa shape index (κ1) is 27.3. The third-order valence-corrected chi connectivity index (χ3v) is 9.23. The van der Waals surface area contributed by atoms with E-state index in [2.05, 4.69) is 30.5 Å². The fourth-order valence-corrected chi connectivity index (χ4v) is 6.42. The van der Waals surface area contributed by atoms with Gasteiger partial charge in [-0.25, -0.2) is 9.37 Å². The van der Waals surface area contributed by atoms with Crippen LogP contribution in [0.15, 0.2) is 43.1 Å². The summed E-state index contributed by atoms with van der Waals surface area (Å²) in [6.45, 7) is 6.34. The van der Waals surface area contributed by atoms with Crippen molar-refractivity contribution < 1.29 is 9.18 Å². The summed E-state index contributed by atoms with van der Waals surface area (Å²) in [6, 6.07) is 7.22. The summed E-state index contributed by atoms with van der Waals surface area (Å²) in [7, 11) is 4.10. The average molecular weight is 602 g/mol. The van der Waals surface area contributed by atoms with E-state index in [1.807, 2.05) is 10.9 Å². The smallest absolute Gasteiger partial charge is 0.245 e. The predicted octanol–water partition coefficient (Wildman–Crippen LogP) is 6.45. The number of likely N-dealkylation sites (tertiary alicyclic amines) is 1. The van der Waals surface area contributed by atoms with Crippen LogP contribution in [0.25, 0.3) is 32.9 Å². The lowest BCUT2D eigenvalue weighted by atomic mass is 10.00. The molecular formula is C29H28Cl3FN6O. The third-order valence-electron chi connectivity index (χ3n) is 8.11. The van der Waals surface area contributed by atoms with Gasteiger partial charge in [0.1, 0.15) is 11.3 Å². The number of carbonyl (C=O) groups excluding carboxylic acids is 1. The molecule has 2 aromatic carbocycles. The van der Waals surface area contributed by atoms with Gasteiger partial charge in [-0.05, 0) is 45.1 Å². The van der Waals surface area contributed by atoms with Gasteiger partial charge in [0, 0.05) is 48.7 Å². The van der Waals surface area contributed by atoms with Crippen molar-refractivity contribution in [2.24, 2.45) is 0 Å². The molecule has 208 valence electrons. The van der Waals surface area contributed by atoms with E-state index in [0.29, 0.717) is 53.8 Å². The van der Waals surface area contributed by atoms with Gasteiger partial charge in [-0.3, -0.25) is 9.48 Å². The Hall–Kier alpha value is -2.91. The van der Waals surface area contributed by atoms with E-state index in [4.69, 9.17) is 44.9 Å². The Balaban J connectivity index is 1.54. The minimum absolute atomic E-state index is 0.0274. The number of likely N-dealkylation sites (N-methyl/N-ethyl adjacent to an activating group) is 1. The maximum absolute atomic E-state index is 16.5. The van der Waals surface area contributed by atoms with Crippen LogP contribution in [0, 0.1) is 5.82 Å². The van der Waals surface area contributed by atoms with Crippen molar-refractivity contribution in [3.8, 4) is 11.1 Å². The summed E-state index contributed by atoms with van der Waals surface area (Å²) in [4.78, 5) is 23.2. The summed E-state index contributed by atoms with van der Waals surface area (Å²) in [6.07, 6.45) is 4.59. The number of nitrogens with zero attached hydrogens (tertiary/aromatic N) is 6. The van der Waals surface area contributed by atoms with Gasteiger partial charge in [0.2, 0.25) is 5.91 Å². The first-order valence-electron chi connectivity index (χ1n) is 13.2. The summed E-state index contributed by atoms with van der Waals surface area (Å²) in [5.41, 5.74) is 1.56. The van der Waals surface area contributed by atoms with Crippen LogP contribution < -0.4 is 4.90 Å². The van der Waals surface area contributed by atoms with Crippen LogP contribution in [0.1, 0.15) is 18.9 Å². The molecule has 2 aliphatic heterocycles. The van der Waals surface area contributed by atoms with E-state index in [0.717, 1.165) is 24.0 Å². The van der Waals surface area contributed by atoms with Crippen molar-refractivity contribution in [3.63, 3.8) is 0 Å². The normalized spacial score (nSPS) is 16.8. The highest BCUT2D eigenvalue weighted by atomic mass is 35.5. The molecule has 2 saturated heterocycles. The average Bonchev–Trinajstić information content (AvgIpc) is 3.36.